The van der Waals surface area contributed by atoms with E-state index in [1.165, 1.54) is 12.8 Å². The summed E-state index contributed by atoms with van der Waals surface area (Å²) in [4.78, 5) is 0.224. The van der Waals surface area contributed by atoms with Crippen LogP contribution in [0.3, 0.4) is 0 Å². The third-order valence-electron chi connectivity index (χ3n) is 5.88. The molecule has 2 atom stereocenters. The maximum atomic E-state index is 13.2. The predicted molar refractivity (Wildman–Crippen MR) is 109 cm³/mol. The number of rotatable bonds is 5. The molecule has 1 heterocycles. The van der Waals surface area contributed by atoms with Crippen LogP contribution in [0.5, 0.6) is 0 Å². The van der Waals surface area contributed by atoms with Crippen LogP contribution in [0.15, 0.2) is 29.2 Å². The van der Waals surface area contributed by atoms with Gasteiger partial charge in [0.2, 0.25) is 0 Å². The third kappa shape index (κ3) is 4.93. The quantitative estimate of drug-likeness (QED) is 0.751. The van der Waals surface area contributed by atoms with Crippen LogP contribution >= 0.6 is 0 Å². The largest absolute Gasteiger partial charge is 0.309 e. The Morgan fingerprint density at radius 3 is 2.11 bits per heavy atom. The van der Waals surface area contributed by atoms with Crippen LogP contribution in [0.2, 0.25) is 0 Å². The zero-order valence-corrected chi connectivity index (χ0v) is 17.9. The molecule has 1 aliphatic carbocycles. The molecular weight excluding hydrogens is 382 g/mol. The summed E-state index contributed by atoms with van der Waals surface area (Å²) < 4.78 is 51.0. The van der Waals surface area contributed by atoms with E-state index in [0.29, 0.717) is 5.92 Å². The highest BCUT2D eigenvalue weighted by molar-refractivity contribution is 7.96. The van der Waals surface area contributed by atoms with E-state index in [2.05, 4.69) is 19.2 Å². The summed E-state index contributed by atoms with van der Waals surface area (Å²) in [6.07, 6.45) is 6.62. The van der Waals surface area contributed by atoms with Gasteiger partial charge in [-0.15, -0.1) is 0 Å². The lowest BCUT2D eigenvalue weighted by Crippen LogP contribution is -2.47. The molecule has 3 rings (SSSR count). The van der Waals surface area contributed by atoms with Gasteiger partial charge in [0.05, 0.1) is 21.7 Å². The molecule has 0 radical (unpaired) electrons. The van der Waals surface area contributed by atoms with E-state index in [-0.39, 0.29) is 22.4 Å². The van der Waals surface area contributed by atoms with Crippen LogP contribution in [0, 0.1) is 0 Å². The van der Waals surface area contributed by atoms with Crippen LogP contribution < -0.4 is 5.32 Å². The van der Waals surface area contributed by atoms with Crippen LogP contribution in [0.4, 0.5) is 0 Å². The van der Waals surface area contributed by atoms with Gasteiger partial charge in [-0.25, -0.2) is 16.8 Å². The van der Waals surface area contributed by atoms with Gasteiger partial charge in [-0.2, -0.15) is 0 Å². The van der Waals surface area contributed by atoms with Crippen molar-refractivity contribution in [2.45, 2.75) is 80.5 Å². The average Bonchev–Trinajstić information content (AvgIpc) is 2.76. The Balaban J connectivity index is 1.84. The Bertz CT molecular complexity index is 836. The highest BCUT2D eigenvalue weighted by Gasteiger charge is 2.46. The van der Waals surface area contributed by atoms with Crippen LogP contribution in [-0.2, 0) is 19.7 Å². The number of hydrogen-bond donors (Lipinski definition) is 1. The standard InChI is InChI=1S/C20H31NO4S2/c1-15(2)16-9-11-18(12-10-16)27(24,25)20-14-26(22,23)13-19(20)21-17-7-5-3-4-6-8-17/h9-12,15,17,19-21H,3-8,13-14H2,1-2H3/t19-,20-/m0/s1. The molecule has 0 spiro atoms. The minimum absolute atomic E-state index is 0.0858. The monoisotopic (exact) mass is 413 g/mol. The smallest absolute Gasteiger partial charge is 0.183 e. The summed E-state index contributed by atoms with van der Waals surface area (Å²) >= 11 is 0. The van der Waals surface area contributed by atoms with Crippen molar-refractivity contribution in [1.82, 2.24) is 5.32 Å². The second-order valence-corrected chi connectivity index (χ2v) is 12.7. The molecule has 7 heteroatoms. The first-order valence-corrected chi connectivity index (χ1v) is 13.4. The molecule has 1 saturated carbocycles. The molecule has 2 fully saturated rings. The van der Waals surface area contributed by atoms with Crippen LogP contribution in [0.25, 0.3) is 0 Å². The summed E-state index contributed by atoms with van der Waals surface area (Å²) in [7, 11) is -7.06. The first-order valence-electron chi connectivity index (χ1n) is 9.99. The summed E-state index contributed by atoms with van der Waals surface area (Å²) in [5.41, 5.74) is 1.07. The average molecular weight is 414 g/mol. The van der Waals surface area contributed by atoms with Crippen LogP contribution in [-0.4, -0.2) is 45.7 Å². The van der Waals surface area contributed by atoms with E-state index in [9.17, 15) is 16.8 Å². The molecule has 1 aromatic rings. The lowest BCUT2D eigenvalue weighted by Gasteiger charge is -2.25. The Morgan fingerprint density at radius 2 is 1.56 bits per heavy atom. The summed E-state index contributed by atoms with van der Waals surface area (Å²) in [6, 6.07) is 6.60. The molecule has 0 bridgehead atoms. The fraction of sp³-hybridized carbons (Fsp3) is 0.700. The first kappa shape index (κ1) is 20.8. The fourth-order valence-corrected chi connectivity index (χ4v) is 8.92. The summed E-state index contributed by atoms with van der Waals surface area (Å²) in [5, 5.41) is 2.50. The van der Waals surface area contributed by atoms with Crippen molar-refractivity contribution in [3.8, 4) is 0 Å². The minimum Gasteiger partial charge on any atom is -0.309 e. The zero-order chi connectivity index (χ0) is 19.7. The van der Waals surface area contributed by atoms with Crippen molar-refractivity contribution in [1.29, 1.82) is 0 Å². The van der Waals surface area contributed by atoms with Crippen molar-refractivity contribution in [2.75, 3.05) is 11.5 Å². The van der Waals surface area contributed by atoms with E-state index in [0.717, 1.165) is 31.2 Å². The lowest BCUT2D eigenvalue weighted by atomic mass is 10.0. The van der Waals surface area contributed by atoms with E-state index < -0.39 is 31.0 Å². The van der Waals surface area contributed by atoms with Crippen molar-refractivity contribution < 1.29 is 16.8 Å². The van der Waals surface area contributed by atoms with Gasteiger partial charge in [-0.1, -0.05) is 51.7 Å². The Labute approximate surface area is 163 Å². The molecule has 1 N–H and O–H groups in total. The summed E-state index contributed by atoms with van der Waals surface area (Å²) in [6.45, 7) is 4.11. The third-order valence-corrected chi connectivity index (χ3v) is 10.0. The second kappa shape index (κ2) is 8.21. The Kier molecular flexibility index (Phi) is 6.33. The van der Waals surface area contributed by atoms with Gasteiger partial charge in [0.1, 0.15) is 0 Å². The second-order valence-electron chi connectivity index (χ2n) is 8.35. The van der Waals surface area contributed by atoms with Gasteiger partial charge < -0.3 is 5.32 Å². The van der Waals surface area contributed by atoms with Gasteiger partial charge in [0, 0.05) is 12.1 Å². The number of sulfone groups is 2. The van der Waals surface area contributed by atoms with Crippen molar-refractivity contribution in [3.63, 3.8) is 0 Å². The van der Waals surface area contributed by atoms with Gasteiger partial charge in [0.25, 0.3) is 0 Å². The van der Waals surface area contributed by atoms with Crippen molar-refractivity contribution >= 4 is 19.7 Å². The molecule has 152 valence electrons. The van der Waals surface area contributed by atoms with E-state index in [1.807, 2.05) is 12.1 Å². The minimum atomic E-state index is -3.70. The first-order chi connectivity index (χ1) is 12.7. The Hall–Kier alpha value is -0.920. The molecule has 0 aromatic heterocycles. The van der Waals surface area contributed by atoms with Gasteiger partial charge in [-0.05, 0) is 36.5 Å². The van der Waals surface area contributed by atoms with E-state index >= 15 is 0 Å². The topological polar surface area (TPSA) is 80.3 Å². The SMILES string of the molecule is CC(C)c1ccc(S(=O)(=O)[C@H]2CS(=O)(=O)C[C@@H]2NC2CCCCCC2)cc1. The summed E-state index contributed by atoms with van der Waals surface area (Å²) in [5.74, 6) is -0.0541. The van der Waals surface area contributed by atoms with Crippen molar-refractivity contribution in [2.24, 2.45) is 0 Å². The maximum Gasteiger partial charge on any atom is 0.183 e. The normalized spacial score (nSPS) is 26.9. The lowest BCUT2D eigenvalue weighted by molar-refractivity contribution is 0.408. The van der Waals surface area contributed by atoms with E-state index in [1.54, 1.807) is 12.1 Å². The van der Waals surface area contributed by atoms with Crippen molar-refractivity contribution in [3.05, 3.63) is 29.8 Å². The van der Waals surface area contributed by atoms with Gasteiger partial charge >= 0.3 is 0 Å². The fourth-order valence-electron chi connectivity index (χ4n) is 4.24. The van der Waals surface area contributed by atoms with E-state index in [4.69, 9.17) is 0 Å². The Morgan fingerprint density at radius 1 is 0.963 bits per heavy atom. The highest BCUT2D eigenvalue weighted by atomic mass is 32.2. The predicted octanol–water partition coefficient (Wildman–Crippen LogP) is 3.06. The molecule has 2 aliphatic rings. The molecule has 0 amide bonds. The molecule has 5 nitrogen and oxygen atoms in total. The molecular formula is C20H31NO4S2. The number of benzene rings is 1. The number of hydrogen-bond acceptors (Lipinski definition) is 5. The molecule has 1 aromatic carbocycles. The molecule has 1 aliphatic heterocycles. The zero-order valence-electron chi connectivity index (χ0n) is 16.2. The molecule has 0 unspecified atom stereocenters. The number of nitrogens with one attached hydrogen (secondary N) is 1. The van der Waals surface area contributed by atoms with Gasteiger partial charge in [-0.3, -0.25) is 0 Å². The van der Waals surface area contributed by atoms with Crippen LogP contribution in [0.1, 0.15) is 63.9 Å². The highest BCUT2D eigenvalue weighted by Crippen LogP contribution is 2.28. The maximum absolute atomic E-state index is 13.2. The molecule has 27 heavy (non-hydrogen) atoms. The molecule has 1 saturated heterocycles. The van der Waals surface area contributed by atoms with Gasteiger partial charge in [0.15, 0.2) is 19.7 Å².